The number of benzene rings is 1. The molecule has 2 N–H and O–H groups in total. The molecule has 0 bridgehead atoms. The average molecular weight is 267 g/mol. The second-order valence-electron chi connectivity index (χ2n) is 4.17. The first-order valence-corrected chi connectivity index (χ1v) is 6.60. The summed E-state index contributed by atoms with van der Waals surface area (Å²) >= 11 is 4.94. The van der Waals surface area contributed by atoms with Gasteiger partial charge in [0.15, 0.2) is 0 Å². The molecular formula is C14H21NO2S. The lowest BCUT2D eigenvalue weighted by molar-refractivity contribution is 0.0407. The van der Waals surface area contributed by atoms with Crippen LogP contribution >= 0.6 is 12.2 Å². The molecule has 0 amide bonds. The second kappa shape index (κ2) is 8.19. The van der Waals surface area contributed by atoms with Gasteiger partial charge in [0.2, 0.25) is 0 Å². The van der Waals surface area contributed by atoms with Crippen LogP contribution in [0.5, 0.6) is 0 Å². The molecule has 0 aliphatic heterocycles. The predicted octanol–water partition coefficient (Wildman–Crippen LogP) is 2.57. The molecule has 4 heteroatoms. The van der Waals surface area contributed by atoms with E-state index in [9.17, 15) is 0 Å². The Morgan fingerprint density at radius 1 is 1.22 bits per heavy atom. The number of aryl methyl sites for hydroxylation is 1. The molecule has 3 nitrogen and oxygen atoms in total. The van der Waals surface area contributed by atoms with Crippen molar-refractivity contribution in [2.45, 2.75) is 26.9 Å². The highest BCUT2D eigenvalue weighted by Crippen LogP contribution is 2.12. The zero-order valence-corrected chi connectivity index (χ0v) is 11.9. The molecule has 0 saturated heterocycles. The first kappa shape index (κ1) is 15.1. The monoisotopic (exact) mass is 267 g/mol. The second-order valence-corrected chi connectivity index (χ2v) is 4.61. The summed E-state index contributed by atoms with van der Waals surface area (Å²) in [6, 6.07) is 5.94. The average Bonchev–Trinajstić information content (AvgIpc) is 2.35. The molecule has 1 aromatic carbocycles. The molecule has 0 spiro atoms. The van der Waals surface area contributed by atoms with E-state index >= 15 is 0 Å². The van der Waals surface area contributed by atoms with Crippen LogP contribution in [0, 0.1) is 6.92 Å². The maximum atomic E-state index is 5.58. The first-order chi connectivity index (χ1) is 8.65. The number of thiocarbonyl (C=S) groups is 1. The normalized spacial score (nSPS) is 10.6. The molecule has 0 aliphatic rings. The number of hydrogen-bond donors (Lipinski definition) is 1. The first-order valence-electron chi connectivity index (χ1n) is 6.20. The highest BCUT2D eigenvalue weighted by molar-refractivity contribution is 7.80. The Hall–Kier alpha value is -0.970. The van der Waals surface area contributed by atoms with Gasteiger partial charge < -0.3 is 15.2 Å². The minimum Gasteiger partial charge on any atom is -0.389 e. The SMILES string of the molecule is CCCOCCOCc1ccc(C(N)=S)cc1C. The fourth-order valence-corrected chi connectivity index (χ4v) is 1.68. The van der Waals surface area contributed by atoms with Crippen LogP contribution in [0.4, 0.5) is 0 Å². The largest absolute Gasteiger partial charge is 0.389 e. The summed E-state index contributed by atoms with van der Waals surface area (Å²) in [6.45, 7) is 6.79. The van der Waals surface area contributed by atoms with Crippen molar-refractivity contribution in [1.29, 1.82) is 0 Å². The topological polar surface area (TPSA) is 44.5 Å². The lowest BCUT2D eigenvalue weighted by atomic mass is 10.1. The molecule has 1 aromatic rings. The van der Waals surface area contributed by atoms with Crippen LogP contribution in [0.2, 0.25) is 0 Å². The van der Waals surface area contributed by atoms with Crippen LogP contribution < -0.4 is 5.73 Å². The minimum atomic E-state index is 0.429. The zero-order valence-electron chi connectivity index (χ0n) is 11.1. The smallest absolute Gasteiger partial charge is 0.103 e. The van der Waals surface area contributed by atoms with E-state index in [0.29, 0.717) is 24.8 Å². The molecule has 0 heterocycles. The lowest BCUT2D eigenvalue weighted by Crippen LogP contribution is -2.10. The van der Waals surface area contributed by atoms with Crippen LogP contribution in [0.1, 0.15) is 30.0 Å². The molecule has 0 saturated carbocycles. The van der Waals surface area contributed by atoms with E-state index in [2.05, 4.69) is 6.92 Å². The molecule has 0 radical (unpaired) electrons. The van der Waals surface area contributed by atoms with Crippen molar-refractivity contribution in [3.63, 3.8) is 0 Å². The molecule has 100 valence electrons. The fraction of sp³-hybridized carbons (Fsp3) is 0.500. The van der Waals surface area contributed by atoms with E-state index in [1.54, 1.807) is 0 Å². The van der Waals surface area contributed by atoms with E-state index in [1.165, 1.54) is 0 Å². The van der Waals surface area contributed by atoms with E-state index in [1.807, 2.05) is 25.1 Å². The quantitative estimate of drug-likeness (QED) is 0.581. The lowest BCUT2D eigenvalue weighted by Gasteiger charge is -2.09. The van der Waals surface area contributed by atoms with Gasteiger partial charge >= 0.3 is 0 Å². The van der Waals surface area contributed by atoms with Crippen LogP contribution in [0.15, 0.2) is 18.2 Å². The summed E-state index contributed by atoms with van der Waals surface area (Å²) < 4.78 is 10.9. The molecule has 0 fully saturated rings. The predicted molar refractivity (Wildman–Crippen MR) is 77.8 cm³/mol. The fourth-order valence-electron chi connectivity index (χ4n) is 1.56. The van der Waals surface area contributed by atoms with Crippen molar-refractivity contribution >= 4 is 17.2 Å². The van der Waals surface area contributed by atoms with Gasteiger partial charge in [-0.15, -0.1) is 0 Å². The van der Waals surface area contributed by atoms with Gasteiger partial charge in [-0.1, -0.05) is 31.3 Å². The Morgan fingerprint density at radius 3 is 2.56 bits per heavy atom. The van der Waals surface area contributed by atoms with Gasteiger partial charge in [0.1, 0.15) is 4.99 Å². The Kier molecular flexibility index (Phi) is 6.86. The third kappa shape index (κ3) is 5.12. The Morgan fingerprint density at radius 2 is 1.94 bits per heavy atom. The van der Waals surface area contributed by atoms with Gasteiger partial charge in [0.25, 0.3) is 0 Å². The van der Waals surface area contributed by atoms with Gasteiger partial charge in [-0.3, -0.25) is 0 Å². The summed E-state index contributed by atoms with van der Waals surface area (Å²) in [5, 5.41) is 0. The van der Waals surface area contributed by atoms with Crippen LogP contribution in [-0.2, 0) is 16.1 Å². The zero-order chi connectivity index (χ0) is 13.4. The molecular weight excluding hydrogens is 246 g/mol. The third-order valence-corrected chi connectivity index (χ3v) is 2.84. The third-order valence-electron chi connectivity index (χ3n) is 2.61. The van der Waals surface area contributed by atoms with Crippen molar-refractivity contribution in [3.8, 4) is 0 Å². The summed E-state index contributed by atoms with van der Waals surface area (Å²) in [5.41, 5.74) is 8.79. The standard InChI is InChI=1S/C14H21NO2S/c1-3-6-16-7-8-17-10-13-5-4-12(14(15)18)9-11(13)2/h4-5,9H,3,6-8,10H2,1-2H3,(H2,15,18). The van der Waals surface area contributed by atoms with Crippen LogP contribution in [0.25, 0.3) is 0 Å². The number of nitrogens with two attached hydrogens (primary N) is 1. The van der Waals surface area contributed by atoms with E-state index in [0.717, 1.165) is 29.7 Å². The minimum absolute atomic E-state index is 0.429. The number of ether oxygens (including phenoxy) is 2. The van der Waals surface area contributed by atoms with Crippen molar-refractivity contribution in [1.82, 2.24) is 0 Å². The Balaban J connectivity index is 2.36. The molecule has 0 atom stereocenters. The number of rotatable bonds is 8. The summed E-state index contributed by atoms with van der Waals surface area (Å²) in [4.78, 5) is 0.429. The Labute approximate surface area is 114 Å². The maximum absolute atomic E-state index is 5.58. The van der Waals surface area contributed by atoms with E-state index in [-0.39, 0.29) is 0 Å². The number of hydrogen-bond acceptors (Lipinski definition) is 3. The highest BCUT2D eigenvalue weighted by Gasteiger charge is 2.02. The molecule has 0 unspecified atom stereocenters. The Bertz CT molecular complexity index is 393. The highest BCUT2D eigenvalue weighted by atomic mass is 32.1. The molecule has 0 aromatic heterocycles. The van der Waals surface area contributed by atoms with Crippen LogP contribution in [0.3, 0.4) is 0 Å². The molecule has 1 rings (SSSR count). The summed E-state index contributed by atoms with van der Waals surface area (Å²) in [7, 11) is 0. The van der Waals surface area contributed by atoms with Crippen molar-refractivity contribution in [3.05, 3.63) is 34.9 Å². The van der Waals surface area contributed by atoms with Gasteiger partial charge in [0, 0.05) is 12.2 Å². The van der Waals surface area contributed by atoms with Gasteiger partial charge in [-0.25, -0.2) is 0 Å². The molecule has 0 aliphatic carbocycles. The summed E-state index contributed by atoms with van der Waals surface area (Å²) in [5.74, 6) is 0. The van der Waals surface area contributed by atoms with E-state index < -0.39 is 0 Å². The van der Waals surface area contributed by atoms with Crippen molar-refractivity contribution in [2.24, 2.45) is 5.73 Å². The maximum Gasteiger partial charge on any atom is 0.103 e. The van der Waals surface area contributed by atoms with Gasteiger partial charge in [-0.05, 0) is 30.5 Å². The van der Waals surface area contributed by atoms with Gasteiger partial charge in [0.05, 0.1) is 19.8 Å². The van der Waals surface area contributed by atoms with Crippen LogP contribution in [-0.4, -0.2) is 24.8 Å². The van der Waals surface area contributed by atoms with Crippen molar-refractivity contribution in [2.75, 3.05) is 19.8 Å². The van der Waals surface area contributed by atoms with E-state index in [4.69, 9.17) is 27.4 Å². The van der Waals surface area contributed by atoms with Gasteiger partial charge in [-0.2, -0.15) is 0 Å². The van der Waals surface area contributed by atoms with Crippen molar-refractivity contribution < 1.29 is 9.47 Å². The summed E-state index contributed by atoms with van der Waals surface area (Å²) in [6.07, 6.45) is 1.04. The molecule has 18 heavy (non-hydrogen) atoms.